The lowest BCUT2D eigenvalue weighted by Gasteiger charge is -1.94. The van der Waals surface area contributed by atoms with Gasteiger partial charge in [0.25, 0.3) is 0 Å². The SMILES string of the molecule is COCC(=O)c1ncccn1. The molecule has 0 N–H and O–H groups in total. The van der Waals surface area contributed by atoms with Crippen LogP contribution < -0.4 is 0 Å². The molecule has 11 heavy (non-hydrogen) atoms. The van der Waals surface area contributed by atoms with Gasteiger partial charge in [-0.25, -0.2) is 9.97 Å². The van der Waals surface area contributed by atoms with Gasteiger partial charge in [0.2, 0.25) is 5.78 Å². The van der Waals surface area contributed by atoms with Gasteiger partial charge in [-0.1, -0.05) is 0 Å². The van der Waals surface area contributed by atoms with Gasteiger partial charge < -0.3 is 4.74 Å². The molecule has 1 heterocycles. The van der Waals surface area contributed by atoms with Crippen LogP contribution in [-0.2, 0) is 4.74 Å². The molecular formula is C7H8N2O2. The Bertz CT molecular complexity index is 235. The normalized spacial score (nSPS) is 9.55. The van der Waals surface area contributed by atoms with Crippen LogP contribution >= 0.6 is 0 Å². The highest BCUT2D eigenvalue weighted by atomic mass is 16.5. The predicted octanol–water partition coefficient (Wildman–Crippen LogP) is 0.306. The first kappa shape index (κ1) is 7.81. The van der Waals surface area contributed by atoms with Crippen LogP contribution in [0.5, 0.6) is 0 Å². The standard InChI is InChI=1S/C7H8N2O2/c1-11-5-6(10)7-8-3-2-4-9-7/h2-4H,5H2,1H3. The third-order valence-electron chi connectivity index (χ3n) is 1.09. The number of hydrogen-bond acceptors (Lipinski definition) is 4. The molecule has 1 aromatic heterocycles. The number of Topliss-reactive ketones (excluding diaryl/α,β-unsaturated/α-hetero) is 1. The Morgan fingerprint density at radius 1 is 1.55 bits per heavy atom. The van der Waals surface area contributed by atoms with Gasteiger partial charge in [0.15, 0.2) is 5.82 Å². The summed E-state index contributed by atoms with van der Waals surface area (Å²) in [6.45, 7) is 0.0318. The van der Waals surface area contributed by atoms with Crippen LogP contribution in [-0.4, -0.2) is 29.5 Å². The van der Waals surface area contributed by atoms with Crippen molar-refractivity contribution in [1.29, 1.82) is 0 Å². The monoisotopic (exact) mass is 152 g/mol. The molecule has 0 aliphatic carbocycles. The third-order valence-corrected chi connectivity index (χ3v) is 1.09. The van der Waals surface area contributed by atoms with E-state index in [0.29, 0.717) is 0 Å². The minimum atomic E-state index is -0.201. The molecule has 0 bridgehead atoms. The fourth-order valence-electron chi connectivity index (χ4n) is 0.639. The third kappa shape index (κ3) is 2.09. The first-order valence-corrected chi connectivity index (χ1v) is 3.13. The van der Waals surface area contributed by atoms with E-state index in [-0.39, 0.29) is 18.2 Å². The molecule has 0 amide bonds. The van der Waals surface area contributed by atoms with Crippen LogP contribution in [0.1, 0.15) is 10.6 Å². The largest absolute Gasteiger partial charge is 0.376 e. The van der Waals surface area contributed by atoms with Crippen molar-refractivity contribution < 1.29 is 9.53 Å². The van der Waals surface area contributed by atoms with E-state index in [1.165, 1.54) is 19.5 Å². The van der Waals surface area contributed by atoms with E-state index in [1.807, 2.05) is 0 Å². The van der Waals surface area contributed by atoms with E-state index in [0.717, 1.165) is 0 Å². The van der Waals surface area contributed by atoms with Crippen LogP contribution in [0.3, 0.4) is 0 Å². The van der Waals surface area contributed by atoms with E-state index >= 15 is 0 Å². The van der Waals surface area contributed by atoms with Gasteiger partial charge in [0, 0.05) is 19.5 Å². The number of nitrogens with zero attached hydrogens (tertiary/aromatic N) is 2. The number of ether oxygens (including phenoxy) is 1. The molecular weight excluding hydrogens is 144 g/mol. The van der Waals surface area contributed by atoms with Crippen molar-refractivity contribution in [2.75, 3.05) is 13.7 Å². The lowest BCUT2D eigenvalue weighted by molar-refractivity contribution is 0.0837. The zero-order chi connectivity index (χ0) is 8.10. The minimum absolute atomic E-state index is 0.0318. The molecule has 0 saturated heterocycles. The van der Waals surface area contributed by atoms with Gasteiger partial charge in [-0.3, -0.25) is 4.79 Å². The van der Waals surface area contributed by atoms with Crippen molar-refractivity contribution in [3.63, 3.8) is 0 Å². The summed E-state index contributed by atoms with van der Waals surface area (Å²) in [5, 5.41) is 0. The molecule has 0 spiro atoms. The fraction of sp³-hybridized carbons (Fsp3) is 0.286. The van der Waals surface area contributed by atoms with Gasteiger partial charge in [-0.15, -0.1) is 0 Å². The van der Waals surface area contributed by atoms with Gasteiger partial charge in [-0.05, 0) is 6.07 Å². The lowest BCUT2D eigenvalue weighted by atomic mass is 10.4. The van der Waals surface area contributed by atoms with Crippen molar-refractivity contribution >= 4 is 5.78 Å². The van der Waals surface area contributed by atoms with Crippen molar-refractivity contribution in [2.24, 2.45) is 0 Å². The Morgan fingerprint density at radius 3 is 2.73 bits per heavy atom. The highest BCUT2D eigenvalue weighted by Gasteiger charge is 2.05. The summed E-state index contributed by atoms with van der Waals surface area (Å²) in [6, 6.07) is 1.66. The number of carbonyl (C=O) groups is 1. The fourth-order valence-corrected chi connectivity index (χ4v) is 0.639. The summed E-state index contributed by atoms with van der Waals surface area (Å²) in [6.07, 6.45) is 3.05. The molecule has 1 aromatic rings. The summed E-state index contributed by atoms with van der Waals surface area (Å²) in [5.74, 6) is 0.00227. The first-order chi connectivity index (χ1) is 5.34. The summed E-state index contributed by atoms with van der Waals surface area (Å²) in [7, 11) is 1.46. The van der Waals surface area contributed by atoms with Gasteiger partial charge >= 0.3 is 0 Å². The van der Waals surface area contributed by atoms with Crippen molar-refractivity contribution in [3.8, 4) is 0 Å². The molecule has 0 atom stereocenters. The molecule has 0 aliphatic heterocycles. The molecule has 4 heteroatoms. The second kappa shape index (κ2) is 3.78. The maximum Gasteiger partial charge on any atom is 0.225 e. The smallest absolute Gasteiger partial charge is 0.225 e. The highest BCUT2D eigenvalue weighted by molar-refractivity contribution is 5.93. The average Bonchev–Trinajstić information content (AvgIpc) is 2.07. The van der Waals surface area contributed by atoms with Crippen molar-refractivity contribution in [1.82, 2.24) is 9.97 Å². The van der Waals surface area contributed by atoms with Crippen molar-refractivity contribution in [2.45, 2.75) is 0 Å². The maximum atomic E-state index is 11.0. The zero-order valence-electron chi connectivity index (χ0n) is 6.15. The number of methoxy groups -OCH3 is 1. The first-order valence-electron chi connectivity index (χ1n) is 3.13. The second-order valence-corrected chi connectivity index (χ2v) is 1.93. The summed E-state index contributed by atoms with van der Waals surface area (Å²) in [4.78, 5) is 18.5. The molecule has 0 saturated carbocycles. The summed E-state index contributed by atoms with van der Waals surface area (Å²) in [5.41, 5.74) is 0. The van der Waals surface area contributed by atoms with Gasteiger partial charge in [0.1, 0.15) is 6.61 Å². The molecule has 58 valence electrons. The molecule has 0 radical (unpaired) electrons. The van der Waals surface area contributed by atoms with E-state index in [9.17, 15) is 4.79 Å². The number of hydrogen-bond donors (Lipinski definition) is 0. The quantitative estimate of drug-likeness (QED) is 0.585. The van der Waals surface area contributed by atoms with Crippen molar-refractivity contribution in [3.05, 3.63) is 24.3 Å². The number of carbonyl (C=O) groups excluding carboxylic acids is 1. The molecule has 0 aromatic carbocycles. The van der Waals surface area contributed by atoms with E-state index in [1.54, 1.807) is 6.07 Å². The second-order valence-electron chi connectivity index (χ2n) is 1.93. The lowest BCUT2D eigenvalue weighted by Crippen LogP contribution is -2.10. The van der Waals surface area contributed by atoms with Crippen LogP contribution in [0.2, 0.25) is 0 Å². The van der Waals surface area contributed by atoms with E-state index < -0.39 is 0 Å². The number of rotatable bonds is 3. The van der Waals surface area contributed by atoms with Crippen LogP contribution in [0.15, 0.2) is 18.5 Å². The summed E-state index contributed by atoms with van der Waals surface area (Å²) >= 11 is 0. The highest BCUT2D eigenvalue weighted by Crippen LogP contribution is 1.89. The number of ketones is 1. The van der Waals surface area contributed by atoms with Crippen LogP contribution in [0.25, 0.3) is 0 Å². The zero-order valence-corrected chi connectivity index (χ0v) is 6.15. The molecule has 4 nitrogen and oxygen atoms in total. The molecule has 1 rings (SSSR count). The maximum absolute atomic E-state index is 11.0. The molecule has 0 unspecified atom stereocenters. The Kier molecular flexibility index (Phi) is 2.68. The molecule has 0 aliphatic rings. The predicted molar refractivity (Wildman–Crippen MR) is 38.2 cm³/mol. The Morgan fingerprint density at radius 2 is 2.18 bits per heavy atom. The van der Waals surface area contributed by atoms with Gasteiger partial charge in [0.05, 0.1) is 0 Å². The van der Waals surface area contributed by atoms with Crippen LogP contribution in [0.4, 0.5) is 0 Å². The average molecular weight is 152 g/mol. The minimum Gasteiger partial charge on any atom is -0.376 e. The topological polar surface area (TPSA) is 52.1 Å². The van der Waals surface area contributed by atoms with E-state index in [2.05, 4.69) is 14.7 Å². The van der Waals surface area contributed by atoms with Gasteiger partial charge in [-0.2, -0.15) is 0 Å². The molecule has 0 fully saturated rings. The Labute approximate surface area is 64.2 Å². The number of aromatic nitrogens is 2. The Hall–Kier alpha value is -1.29. The van der Waals surface area contributed by atoms with Crippen LogP contribution in [0, 0.1) is 0 Å². The summed E-state index contributed by atoms with van der Waals surface area (Å²) < 4.78 is 4.63. The van der Waals surface area contributed by atoms with E-state index in [4.69, 9.17) is 0 Å². The Balaban J connectivity index is 2.69.